The highest BCUT2D eigenvalue weighted by molar-refractivity contribution is 5.49. The van der Waals surface area contributed by atoms with Gasteiger partial charge in [-0.25, -0.2) is 0 Å². The molecular formula is C12H17NO. The van der Waals surface area contributed by atoms with Crippen molar-refractivity contribution in [1.82, 2.24) is 0 Å². The van der Waals surface area contributed by atoms with Gasteiger partial charge in [0.25, 0.3) is 0 Å². The maximum Gasteiger partial charge on any atom is 0.119 e. The molecule has 1 aromatic rings. The number of anilines is 1. The van der Waals surface area contributed by atoms with Crippen molar-refractivity contribution in [3.8, 4) is 0 Å². The van der Waals surface area contributed by atoms with Crippen LogP contribution in [-0.2, 0) is 4.79 Å². The zero-order chi connectivity index (χ0) is 10.2. The van der Waals surface area contributed by atoms with Gasteiger partial charge in [0.1, 0.15) is 6.29 Å². The van der Waals surface area contributed by atoms with Gasteiger partial charge in [-0.05, 0) is 31.9 Å². The molecule has 0 heterocycles. The second-order valence-electron chi connectivity index (χ2n) is 3.46. The third-order valence-electron chi connectivity index (χ3n) is 2.13. The minimum Gasteiger partial charge on any atom is -0.385 e. The number of carbonyl (C=O) groups excluding carboxylic acids is 1. The van der Waals surface area contributed by atoms with E-state index in [0.29, 0.717) is 6.42 Å². The van der Waals surface area contributed by atoms with Crippen LogP contribution in [0.15, 0.2) is 24.3 Å². The molecule has 76 valence electrons. The van der Waals surface area contributed by atoms with E-state index in [1.54, 1.807) is 0 Å². The first-order valence-corrected chi connectivity index (χ1v) is 5.07. The predicted molar refractivity (Wildman–Crippen MR) is 59.6 cm³/mol. The molecule has 0 saturated heterocycles. The van der Waals surface area contributed by atoms with E-state index in [1.807, 2.05) is 0 Å². The number of benzene rings is 1. The smallest absolute Gasteiger partial charge is 0.119 e. The van der Waals surface area contributed by atoms with Crippen LogP contribution < -0.4 is 5.32 Å². The van der Waals surface area contributed by atoms with Crippen LogP contribution in [0.4, 0.5) is 5.69 Å². The van der Waals surface area contributed by atoms with Gasteiger partial charge in [-0.15, -0.1) is 0 Å². The fraction of sp³-hybridized carbons (Fsp3) is 0.417. The molecule has 0 fully saturated rings. The molecule has 0 radical (unpaired) electrons. The first-order chi connectivity index (χ1) is 6.83. The molecule has 0 bridgehead atoms. The van der Waals surface area contributed by atoms with Gasteiger partial charge in [-0.1, -0.05) is 17.7 Å². The molecule has 1 rings (SSSR count). The van der Waals surface area contributed by atoms with Gasteiger partial charge in [-0.2, -0.15) is 0 Å². The predicted octanol–water partition coefficient (Wildman–Crippen LogP) is 2.78. The molecule has 0 aliphatic rings. The summed E-state index contributed by atoms with van der Waals surface area (Å²) in [7, 11) is 0. The summed E-state index contributed by atoms with van der Waals surface area (Å²) < 4.78 is 0. The van der Waals surface area contributed by atoms with Gasteiger partial charge in [0.15, 0.2) is 0 Å². The van der Waals surface area contributed by atoms with Crippen molar-refractivity contribution in [2.75, 3.05) is 11.9 Å². The van der Waals surface area contributed by atoms with Gasteiger partial charge >= 0.3 is 0 Å². The molecule has 0 aliphatic carbocycles. The lowest BCUT2D eigenvalue weighted by Crippen LogP contribution is -2.01. The van der Waals surface area contributed by atoms with E-state index in [-0.39, 0.29) is 0 Å². The number of rotatable bonds is 6. The zero-order valence-corrected chi connectivity index (χ0v) is 8.62. The minimum absolute atomic E-state index is 0.676. The second kappa shape index (κ2) is 6.19. The van der Waals surface area contributed by atoms with E-state index < -0.39 is 0 Å². The quantitative estimate of drug-likeness (QED) is 0.553. The second-order valence-corrected chi connectivity index (χ2v) is 3.46. The van der Waals surface area contributed by atoms with Crippen LogP contribution in [-0.4, -0.2) is 12.8 Å². The molecule has 14 heavy (non-hydrogen) atoms. The summed E-state index contributed by atoms with van der Waals surface area (Å²) in [6.07, 6.45) is 3.68. The average Bonchev–Trinajstić information content (AvgIpc) is 2.21. The van der Waals surface area contributed by atoms with E-state index in [9.17, 15) is 4.79 Å². The monoisotopic (exact) mass is 191 g/mol. The van der Waals surface area contributed by atoms with Crippen molar-refractivity contribution >= 4 is 12.0 Å². The fourth-order valence-corrected chi connectivity index (χ4v) is 1.26. The SMILES string of the molecule is Cc1ccc(NCCCCC=O)cc1. The first-order valence-electron chi connectivity index (χ1n) is 5.07. The first kappa shape index (κ1) is 10.8. The van der Waals surface area contributed by atoms with Gasteiger partial charge in [0.05, 0.1) is 0 Å². The Bertz CT molecular complexity index is 266. The highest BCUT2D eigenvalue weighted by Gasteiger charge is 1.91. The Balaban J connectivity index is 2.18. The maximum absolute atomic E-state index is 10.1. The van der Waals surface area contributed by atoms with E-state index in [2.05, 4.69) is 36.5 Å². The topological polar surface area (TPSA) is 29.1 Å². The van der Waals surface area contributed by atoms with Crippen LogP contribution in [0.5, 0.6) is 0 Å². The van der Waals surface area contributed by atoms with Crippen molar-refractivity contribution in [2.45, 2.75) is 26.2 Å². The normalized spacial score (nSPS) is 9.79. The van der Waals surface area contributed by atoms with Crippen LogP contribution >= 0.6 is 0 Å². The molecule has 0 atom stereocenters. The fourth-order valence-electron chi connectivity index (χ4n) is 1.26. The molecule has 0 aromatic heterocycles. The third kappa shape index (κ3) is 4.08. The Morgan fingerprint density at radius 3 is 2.57 bits per heavy atom. The number of aldehydes is 1. The van der Waals surface area contributed by atoms with E-state index in [4.69, 9.17) is 0 Å². The van der Waals surface area contributed by atoms with Gasteiger partial charge in [0, 0.05) is 18.7 Å². The Labute approximate surface area is 85.3 Å². The van der Waals surface area contributed by atoms with Crippen LogP contribution in [0.1, 0.15) is 24.8 Å². The lowest BCUT2D eigenvalue weighted by atomic mass is 10.2. The molecule has 1 aromatic carbocycles. The summed E-state index contributed by atoms with van der Waals surface area (Å²) in [6.45, 7) is 3.02. The van der Waals surface area contributed by atoms with Crippen molar-refractivity contribution < 1.29 is 4.79 Å². The highest BCUT2D eigenvalue weighted by Crippen LogP contribution is 2.08. The molecular weight excluding hydrogens is 174 g/mol. The molecule has 0 spiro atoms. The molecule has 0 saturated carbocycles. The Kier molecular flexibility index (Phi) is 4.76. The summed E-state index contributed by atoms with van der Waals surface area (Å²) >= 11 is 0. The van der Waals surface area contributed by atoms with Crippen LogP contribution in [0.3, 0.4) is 0 Å². The van der Waals surface area contributed by atoms with Crippen molar-refractivity contribution in [3.05, 3.63) is 29.8 Å². The van der Waals surface area contributed by atoms with E-state index in [0.717, 1.165) is 31.4 Å². The summed E-state index contributed by atoms with van der Waals surface area (Å²) in [5.41, 5.74) is 2.43. The number of carbonyl (C=O) groups is 1. The number of aryl methyl sites for hydroxylation is 1. The summed E-state index contributed by atoms with van der Waals surface area (Å²) in [4.78, 5) is 10.1. The minimum atomic E-state index is 0.676. The highest BCUT2D eigenvalue weighted by atomic mass is 16.1. The van der Waals surface area contributed by atoms with Crippen molar-refractivity contribution in [2.24, 2.45) is 0 Å². The van der Waals surface area contributed by atoms with Crippen molar-refractivity contribution in [1.29, 1.82) is 0 Å². The van der Waals surface area contributed by atoms with Crippen LogP contribution in [0.2, 0.25) is 0 Å². The Hall–Kier alpha value is -1.31. The molecule has 0 unspecified atom stereocenters. The third-order valence-corrected chi connectivity index (χ3v) is 2.13. The number of hydrogen-bond acceptors (Lipinski definition) is 2. The molecule has 2 heteroatoms. The van der Waals surface area contributed by atoms with Gasteiger partial charge in [-0.3, -0.25) is 0 Å². The Morgan fingerprint density at radius 1 is 1.21 bits per heavy atom. The van der Waals surface area contributed by atoms with Crippen LogP contribution in [0, 0.1) is 6.92 Å². The standard InChI is InChI=1S/C12H17NO/c1-11-5-7-12(8-6-11)13-9-3-2-4-10-14/h5-8,10,13H,2-4,9H2,1H3. The largest absolute Gasteiger partial charge is 0.385 e. The average molecular weight is 191 g/mol. The summed E-state index contributed by atoms with van der Waals surface area (Å²) in [6, 6.07) is 8.34. The van der Waals surface area contributed by atoms with Crippen LogP contribution in [0.25, 0.3) is 0 Å². The number of hydrogen-bond donors (Lipinski definition) is 1. The molecule has 1 N–H and O–H groups in total. The lowest BCUT2D eigenvalue weighted by molar-refractivity contribution is -0.107. The van der Waals surface area contributed by atoms with Gasteiger partial charge in [0.2, 0.25) is 0 Å². The van der Waals surface area contributed by atoms with E-state index in [1.165, 1.54) is 5.56 Å². The van der Waals surface area contributed by atoms with E-state index >= 15 is 0 Å². The lowest BCUT2D eigenvalue weighted by Gasteiger charge is -2.05. The summed E-state index contributed by atoms with van der Waals surface area (Å²) in [5, 5.41) is 3.31. The van der Waals surface area contributed by atoms with Crippen molar-refractivity contribution in [3.63, 3.8) is 0 Å². The maximum atomic E-state index is 10.1. The molecule has 0 aliphatic heterocycles. The Morgan fingerprint density at radius 2 is 1.93 bits per heavy atom. The zero-order valence-electron chi connectivity index (χ0n) is 8.62. The number of nitrogens with one attached hydrogen (secondary N) is 1. The summed E-state index contributed by atoms with van der Waals surface area (Å²) in [5.74, 6) is 0. The van der Waals surface area contributed by atoms with Gasteiger partial charge < -0.3 is 10.1 Å². The number of unbranched alkanes of at least 4 members (excludes halogenated alkanes) is 2. The molecule has 2 nitrogen and oxygen atoms in total. The molecule has 0 amide bonds.